The molecule has 2 amide bonds. The van der Waals surface area contributed by atoms with Gasteiger partial charge in [-0.3, -0.25) is 4.79 Å². The lowest BCUT2D eigenvalue weighted by atomic mass is 9.68. The minimum atomic E-state index is -4.30. The molecular weight excluding hydrogens is 313 g/mol. The number of carbonyl (C=O) groups is 1. The largest absolute Gasteiger partial charge is 0.396 e. The van der Waals surface area contributed by atoms with Crippen molar-refractivity contribution < 1.29 is 18.0 Å². The molecular formula is C14H17F3N4O2. The number of carbonyl (C=O) groups excluding carboxylic acids is 1. The number of nitrogens with zero attached hydrogens (tertiary/aromatic N) is 2. The molecule has 1 aromatic rings. The molecule has 1 fully saturated rings. The molecule has 1 aliphatic carbocycles. The fourth-order valence-electron chi connectivity index (χ4n) is 3.04. The summed E-state index contributed by atoms with van der Waals surface area (Å²) in [4.78, 5) is 24.8. The molecule has 3 rings (SSSR count). The van der Waals surface area contributed by atoms with Crippen LogP contribution in [0, 0.1) is 5.41 Å². The van der Waals surface area contributed by atoms with E-state index in [0.717, 1.165) is 0 Å². The maximum Gasteiger partial charge on any atom is 0.396 e. The number of aromatic amines is 1. The molecule has 1 saturated carbocycles. The summed E-state index contributed by atoms with van der Waals surface area (Å²) >= 11 is 0. The van der Waals surface area contributed by atoms with Gasteiger partial charge < -0.3 is 10.2 Å². The van der Waals surface area contributed by atoms with Crippen molar-refractivity contribution in [2.75, 3.05) is 13.1 Å². The van der Waals surface area contributed by atoms with E-state index in [4.69, 9.17) is 0 Å². The Morgan fingerprint density at radius 3 is 2.78 bits per heavy atom. The van der Waals surface area contributed by atoms with E-state index in [1.54, 1.807) is 0 Å². The molecule has 6 nitrogen and oxygen atoms in total. The lowest BCUT2D eigenvalue weighted by Gasteiger charge is -2.43. The zero-order valence-corrected chi connectivity index (χ0v) is 12.4. The summed E-state index contributed by atoms with van der Waals surface area (Å²) in [5.74, 6) is 0. The molecule has 0 atom stereocenters. The fraction of sp³-hybridized carbons (Fsp3) is 0.643. The minimum absolute atomic E-state index is 0.0545. The van der Waals surface area contributed by atoms with Crippen LogP contribution in [0.25, 0.3) is 0 Å². The third kappa shape index (κ3) is 2.91. The van der Waals surface area contributed by atoms with Crippen molar-refractivity contribution >= 4 is 6.03 Å². The summed E-state index contributed by atoms with van der Waals surface area (Å²) in [6.45, 7) is 0.139. The third-order valence-electron chi connectivity index (χ3n) is 4.73. The summed E-state index contributed by atoms with van der Waals surface area (Å²) in [7, 11) is 0. The number of rotatable bonds is 2. The normalized spacial score (nSPS) is 19.7. The smallest absolute Gasteiger partial charge is 0.337 e. The second kappa shape index (κ2) is 5.54. The van der Waals surface area contributed by atoms with Gasteiger partial charge in [0.25, 0.3) is 5.56 Å². The zero-order valence-electron chi connectivity index (χ0n) is 12.4. The van der Waals surface area contributed by atoms with Gasteiger partial charge in [-0.1, -0.05) is 6.42 Å². The Bertz CT molecular complexity index is 667. The van der Waals surface area contributed by atoms with Crippen molar-refractivity contribution in [2.45, 2.75) is 38.4 Å². The predicted octanol–water partition coefficient (Wildman–Crippen LogP) is 1.57. The highest BCUT2D eigenvalue weighted by atomic mass is 19.4. The molecule has 1 aromatic heterocycles. The molecule has 2 N–H and O–H groups in total. The lowest BCUT2D eigenvalue weighted by molar-refractivity contribution is -0.247. The second-order valence-corrected chi connectivity index (χ2v) is 6.17. The Hall–Kier alpha value is -2.06. The van der Waals surface area contributed by atoms with Crippen molar-refractivity contribution in [2.24, 2.45) is 5.41 Å². The molecule has 9 heteroatoms. The van der Waals surface area contributed by atoms with Crippen LogP contribution in [0.5, 0.6) is 0 Å². The van der Waals surface area contributed by atoms with Gasteiger partial charge in [0.05, 0.1) is 11.1 Å². The number of fused-ring (bicyclic) bond motifs is 1. The highest BCUT2D eigenvalue weighted by molar-refractivity contribution is 5.74. The Morgan fingerprint density at radius 1 is 1.43 bits per heavy atom. The quantitative estimate of drug-likeness (QED) is 0.864. The molecule has 0 aromatic carbocycles. The second-order valence-electron chi connectivity index (χ2n) is 6.17. The van der Waals surface area contributed by atoms with E-state index in [-0.39, 0.29) is 24.9 Å². The van der Waals surface area contributed by atoms with E-state index in [0.29, 0.717) is 30.6 Å². The third-order valence-corrected chi connectivity index (χ3v) is 4.73. The van der Waals surface area contributed by atoms with Crippen LogP contribution in [0.2, 0.25) is 0 Å². The number of amides is 2. The molecule has 1 aliphatic heterocycles. The Kier molecular flexibility index (Phi) is 3.81. The van der Waals surface area contributed by atoms with Crippen molar-refractivity contribution in [3.8, 4) is 0 Å². The number of H-pyrrole nitrogens is 1. The number of hydrogen-bond donors (Lipinski definition) is 2. The predicted molar refractivity (Wildman–Crippen MR) is 74.7 cm³/mol. The van der Waals surface area contributed by atoms with E-state index in [2.05, 4.69) is 15.5 Å². The molecule has 0 spiro atoms. The Labute approximate surface area is 130 Å². The van der Waals surface area contributed by atoms with E-state index >= 15 is 0 Å². The summed E-state index contributed by atoms with van der Waals surface area (Å²) in [6.07, 6.45) is -3.20. The first-order valence-corrected chi connectivity index (χ1v) is 7.48. The lowest BCUT2D eigenvalue weighted by Crippen LogP contribution is -2.54. The van der Waals surface area contributed by atoms with Gasteiger partial charge in [0.2, 0.25) is 0 Å². The molecule has 23 heavy (non-hydrogen) atoms. The monoisotopic (exact) mass is 330 g/mol. The molecule has 0 bridgehead atoms. The highest BCUT2D eigenvalue weighted by Crippen LogP contribution is 2.52. The number of nitrogens with one attached hydrogen (secondary N) is 2. The van der Waals surface area contributed by atoms with Gasteiger partial charge in [-0.05, 0) is 12.8 Å². The van der Waals surface area contributed by atoms with Crippen LogP contribution in [-0.4, -0.2) is 40.4 Å². The number of alkyl halides is 3. The van der Waals surface area contributed by atoms with Gasteiger partial charge >= 0.3 is 12.2 Å². The topological polar surface area (TPSA) is 78.1 Å². The van der Waals surface area contributed by atoms with Crippen LogP contribution in [0.1, 0.15) is 30.5 Å². The summed E-state index contributed by atoms with van der Waals surface area (Å²) in [5, 5.41) is 8.65. The van der Waals surface area contributed by atoms with Crippen LogP contribution in [0.4, 0.5) is 18.0 Å². The standard InChI is InChI=1S/C14H17F3N4O2/c15-14(16,17)13(3-1-4-13)8-18-12(23)21-5-2-10-9(7-21)6-11(22)20-19-10/h6H,1-5,7-8H2,(H,18,23)(H,20,22). The molecule has 2 heterocycles. The summed E-state index contributed by atoms with van der Waals surface area (Å²) < 4.78 is 39.2. The molecule has 126 valence electrons. The maximum atomic E-state index is 13.1. The molecule has 0 radical (unpaired) electrons. The highest BCUT2D eigenvalue weighted by Gasteiger charge is 2.58. The van der Waals surface area contributed by atoms with Gasteiger partial charge in [-0.25, -0.2) is 9.89 Å². The Morgan fingerprint density at radius 2 is 2.17 bits per heavy atom. The number of urea groups is 1. The van der Waals surface area contributed by atoms with Crippen LogP contribution in [0.15, 0.2) is 10.9 Å². The van der Waals surface area contributed by atoms with E-state index in [1.165, 1.54) is 11.0 Å². The van der Waals surface area contributed by atoms with Gasteiger partial charge in [0.1, 0.15) is 0 Å². The van der Waals surface area contributed by atoms with Crippen molar-refractivity contribution in [1.82, 2.24) is 20.4 Å². The summed E-state index contributed by atoms with van der Waals surface area (Å²) in [5.41, 5.74) is -0.810. The van der Waals surface area contributed by atoms with Crippen LogP contribution >= 0.6 is 0 Å². The van der Waals surface area contributed by atoms with Crippen molar-refractivity contribution in [3.05, 3.63) is 27.7 Å². The van der Waals surface area contributed by atoms with Crippen molar-refractivity contribution in [1.29, 1.82) is 0 Å². The minimum Gasteiger partial charge on any atom is -0.337 e. The maximum absolute atomic E-state index is 13.1. The summed E-state index contributed by atoms with van der Waals surface area (Å²) in [6, 6.07) is 0.830. The van der Waals surface area contributed by atoms with Crippen LogP contribution in [0.3, 0.4) is 0 Å². The number of halogens is 3. The first-order valence-electron chi connectivity index (χ1n) is 7.48. The van der Waals surface area contributed by atoms with Crippen LogP contribution < -0.4 is 10.9 Å². The first-order chi connectivity index (χ1) is 10.8. The van der Waals surface area contributed by atoms with Gasteiger partial charge in [0.15, 0.2) is 0 Å². The SMILES string of the molecule is O=C(NCC1(C(F)(F)F)CCC1)N1CCc2n[nH]c(=O)cc2C1. The van der Waals surface area contributed by atoms with Gasteiger partial charge in [-0.15, -0.1) is 0 Å². The van der Waals surface area contributed by atoms with E-state index in [9.17, 15) is 22.8 Å². The first kappa shape index (κ1) is 15.8. The average Bonchev–Trinajstić information content (AvgIpc) is 2.43. The molecule has 0 saturated heterocycles. The fourth-order valence-corrected chi connectivity index (χ4v) is 3.04. The van der Waals surface area contributed by atoms with Crippen LogP contribution in [-0.2, 0) is 13.0 Å². The number of aromatic nitrogens is 2. The Balaban J connectivity index is 1.63. The molecule has 2 aliphatic rings. The van der Waals surface area contributed by atoms with Gasteiger partial charge in [-0.2, -0.15) is 18.3 Å². The average molecular weight is 330 g/mol. The van der Waals surface area contributed by atoms with E-state index < -0.39 is 24.2 Å². The molecule has 0 unspecified atom stereocenters. The van der Waals surface area contributed by atoms with E-state index in [1.807, 2.05) is 0 Å². The number of hydrogen-bond acceptors (Lipinski definition) is 3. The van der Waals surface area contributed by atoms with Crippen molar-refractivity contribution in [3.63, 3.8) is 0 Å². The van der Waals surface area contributed by atoms with Gasteiger partial charge in [0, 0.05) is 37.7 Å². The zero-order chi connectivity index (χ0) is 16.7.